The molecule has 1 saturated heterocycles. The van der Waals surface area contributed by atoms with Gasteiger partial charge in [0, 0.05) is 32.1 Å². The van der Waals surface area contributed by atoms with Gasteiger partial charge >= 0.3 is 0 Å². The molecule has 0 saturated carbocycles. The van der Waals surface area contributed by atoms with E-state index in [1.807, 2.05) is 44.0 Å². The van der Waals surface area contributed by atoms with Crippen LogP contribution in [-0.4, -0.2) is 44.1 Å². The fourth-order valence-corrected chi connectivity index (χ4v) is 2.68. The maximum Gasteiger partial charge on any atom is 0.227 e. The Morgan fingerprint density at radius 2 is 2.15 bits per heavy atom. The van der Waals surface area contributed by atoms with E-state index >= 15 is 0 Å². The summed E-state index contributed by atoms with van der Waals surface area (Å²) < 4.78 is 5.28. The van der Waals surface area contributed by atoms with Crippen molar-refractivity contribution in [3.05, 3.63) is 29.8 Å². The molecular weight excluding hydrogens is 252 g/mol. The molecule has 4 nitrogen and oxygen atoms in total. The summed E-state index contributed by atoms with van der Waals surface area (Å²) in [7, 11) is 3.55. The highest BCUT2D eigenvalue weighted by Crippen LogP contribution is 2.31. The number of nitrogens with zero attached hydrogens (tertiary/aromatic N) is 1. The molecular formula is C16H24N2O2. The van der Waals surface area contributed by atoms with Crippen LogP contribution in [-0.2, 0) is 4.79 Å². The zero-order valence-corrected chi connectivity index (χ0v) is 12.7. The minimum Gasteiger partial charge on any atom is -0.497 e. The van der Waals surface area contributed by atoms with E-state index in [1.54, 1.807) is 7.11 Å². The Morgan fingerprint density at radius 1 is 1.40 bits per heavy atom. The Labute approximate surface area is 121 Å². The van der Waals surface area contributed by atoms with Gasteiger partial charge in [-0.3, -0.25) is 4.79 Å². The summed E-state index contributed by atoms with van der Waals surface area (Å²) >= 11 is 0. The van der Waals surface area contributed by atoms with Gasteiger partial charge in [-0.05, 0) is 31.5 Å². The standard InChI is InChI=1S/C16H24N2O2/c1-11(2)18(3)16(19)15-10-17-9-14(15)12-6-5-7-13(8-12)20-4/h5-8,11,14-15,17H,9-10H2,1-4H3. The van der Waals surface area contributed by atoms with Gasteiger partial charge in [-0.2, -0.15) is 0 Å². The summed E-state index contributed by atoms with van der Waals surface area (Å²) in [5.41, 5.74) is 1.17. The van der Waals surface area contributed by atoms with Crippen molar-refractivity contribution in [2.75, 3.05) is 27.2 Å². The number of ether oxygens (including phenoxy) is 1. The Bertz CT molecular complexity index is 473. The van der Waals surface area contributed by atoms with Crippen LogP contribution in [0.25, 0.3) is 0 Å². The summed E-state index contributed by atoms with van der Waals surface area (Å²) in [6, 6.07) is 8.26. The zero-order valence-electron chi connectivity index (χ0n) is 12.7. The van der Waals surface area contributed by atoms with Gasteiger partial charge in [-0.1, -0.05) is 12.1 Å². The van der Waals surface area contributed by atoms with E-state index in [2.05, 4.69) is 11.4 Å². The van der Waals surface area contributed by atoms with E-state index in [9.17, 15) is 4.79 Å². The van der Waals surface area contributed by atoms with Crippen molar-refractivity contribution in [1.29, 1.82) is 0 Å². The molecule has 1 N–H and O–H groups in total. The van der Waals surface area contributed by atoms with Crippen molar-refractivity contribution in [1.82, 2.24) is 10.2 Å². The van der Waals surface area contributed by atoms with Crippen LogP contribution in [0.5, 0.6) is 5.75 Å². The first-order chi connectivity index (χ1) is 9.54. The van der Waals surface area contributed by atoms with Crippen molar-refractivity contribution in [2.24, 2.45) is 5.92 Å². The Balaban J connectivity index is 2.20. The molecule has 1 aromatic carbocycles. The van der Waals surface area contributed by atoms with Gasteiger partial charge in [0.05, 0.1) is 13.0 Å². The quantitative estimate of drug-likeness (QED) is 0.913. The van der Waals surface area contributed by atoms with E-state index in [-0.39, 0.29) is 23.8 Å². The van der Waals surface area contributed by atoms with Crippen molar-refractivity contribution in [2.45, 2.75) is 25.8 Å². The van der Waals surface area contributed by atoms with Crippen LogP contribution < -0.4 is 10.1 Å². The zero-order chi connectivity index (χ0) is 14.7. The van der Waals surface area contributed by atoms with Crippen molar-refractivity contribution >= 4 is 5.91 Å². The summed E-state index contributed by atoms with van der Waals surface area (Å²) in [5, 5.41) is 3.34. The topological polar surface area (TPSA) is 41.6 Å². The monoisotopic (exact) mass is 276 g/mol. The van der Waals surface area contributed by atoms with E-state index in [1.165, 1.54) is 5.56 Å². The molecule has 0 spiro atoms. The van der Waals surface area contributed by atoms with Gasteiger partial charge in [0.15, 0.2) is 0 Å². The fraction of sp³-hybridized carbons (Fsp3) is 0.562. The molecule has 1 aliphatic rings. The molecule has 20 heavy (non-hydrogen) atoms. The van der Waals surface area contributed by atoms with Crippen LogP contribution in [0.4, 0.5) is 0 Å². The molecule has 0 aromatic heterocycles. The number of rotatable bonds is 4. The van der Waals surface area contributed by atoms with Crippen LogP contribution in [0.15, 0.2) is 24.3 Å². The largest absolute Gasteiger partial charge is 0.497 e. The lowest BCUT2D eigenvalue weighted by Crippen LogP contribution is -2.40. The number of hydrogen-bond acceptors (Lipinski definition) is 3. The van der Waals surface area contributed by atoms with E-state index < -0.39 is 0 Å². The van der Waals surface area contributed by atoms with E-state index in [4.69, 9.17) is 4.74 Å². The molecule has 1 amide bonds. The predicted molar refractivity (Wildman–Crippen MR) is 80.0 cm³/mol. The van der Waals surface area contributed by atoms with Gasteiger partial charge < -0.3 is 15.0 Å². The Morgan fingerprint density at radius 3 is 2.80 bits per heavy atom. The van der Waals surface area contributed by atoms with Crippen LogP contribution in [0, 0.1) is 5.92 Å². The minimum atomic E-state index is 0.00880. The maximum atomic E-state index is 12.6. The first kappa shape index (κ1) is 14.9. The highest BCUT2D eigenvalue weighted by atomic mass is 16.5. The smallest absolute Gasteiger partial charge is 0.227 e. The molecule has 2 unspecified atom stereocenters. The number of nitrogens with one attached hydrogen (secondary N) is 1. The second-order valence-corrected chi connectivity index (χ2v) is 5.69. The summed E-state index contributed by atoms with van der Waals surface area (Å²) in [4.78, 5) is 14.4. The number of carbonyl (C=O) groups excluding carboxylic acids is 1. The van der Waals surface area contributed by atoms with Gasteiger partial charge in [-0.25, -0.2) is 0 Å². The van der Waals surface area contributed by atoms with Gasteiger partial charge in [0.25, 0.3) is 0 Å². The second kappa shape index (κ2) is 6.27. The highest BCUT2D eigenvalue weighted by Gasteiger charge is 2.36. The first-order valence-electron chi connectivity index (χ1n) is 7.16. The van der Waals surface area contributed by atoms with Crippen LogP contribution >= 0.6 is 0 Å². The predicted octanol–water partition coefficient (Wildman–Crippen LogP) is 1.86. The third-order valence-corrected chi connectivity index (χ3v) is 4.18. The molecule has 1 aromatic rings. The summed E-state index contributed by atoms with van der Waals surface area (Å²) in [5.74, 6) is 1.30. The molecule has 0 radical (unpaired) electrons. The molecule has 1 aliphatic heterocycles. The van der Waals surface area contributed by atoms with Crippen LogP contribution in [0.2, 0.25) is 0 Å². The lowest BCUT2D eigenvalue weighted by atomic mass is 9.87. The second-order valence-electron chi connectivity index (χ2n) is 5.69. The lowest BCUT2D eigenvalue weighted by molar-refractivity contribution is -0.135. The average molecular weight is 276 g/mol. The summed E-state index contributed by atoms with van der Waals surface area (Å²) in [6.07, 6.45) is 0. The number of amides is 1. The molecule has 4 heteroatoms. The Hall–Kier alpha value is -1.55. The Kier molecular flexibility index (Phi) is 4.65. The van der Waals surface area contributed by atoms with Crippen LogP contribution in [0.1, 0.15) is 25.3 Å². The third-order valence-electron chi connectivity index (χ3n) is 4.18. The average Bonchev–Trinajstić information content (AvgIpc) is 2.95. The van der Waals surface area contributed by atoms with E-state index in [0.29, 0.717) is 0 Å². The van der Waals surface area contributed by atoms with Crippen molar-refractivity contribution < 1.29 is 9.53 Å². The maximum absolute atomic E-state index is 12.6. The molecule has 110 valence electrons. The van der Waals surface area contributed by atoms with Gasteiger partial charge in [0.1, 0.15) is 5.75 Å². The molecule has 0 aliphatic carbocycles. The fourth-order valence-electron chi connectivity index (χ4n) is 2.68. The van der Waals surface area contributed by atoms with Gasteiger partial charge in [-0.15, -0.1) is 0 Å². The molecule has 1 heterocycles. The molecule has 2 atom stereocenters. The van der Waals surface area contributed by atoms with Crippen molar-refractivity contribution in [3.63, 3.8) is 0 Å². The third kappa shape index (κ3) is 2.96. The minimum absolute atomic E-state index is 0.00880. The lowest BCUT2D eigenvalue weighted by Gasteiger charge is -2.27. The number of carbonyl (C=O) groups is 1. The highest BCUT2D eigenvalue weighted by molar-refractivity contribution is 5.80. The van der Waals surface area contributed by atoms with Crippen molar-refractivity contribution in [3.8, 4) is 5.75 Å². The molecule has 1 fully saturated rings. The number of methoxy groups -OCH3 is 1. The normalized spacial score (nSPS) is 22.1. The summed E-state index contributed by atoms with van der Waals surface area (Å²) in [6.45, 7) is 5.68. The molecule has 2 rings (SSSR count). The van der Waals surface area contributed by atoms with Gasteiger partial charge in [0.2, 0.25) is 5.91 Å². The number of benzene rings is 1. The molecule has 0 bridgehead atoms. The van der Waals surface area contributed by atoms with Crippen LogP contribution in [0.3, 0.4) is 0 Å². The first-order valence-corrected chi connectivity index (χ1v) is 7.16. The SMILES string of the molecule is COc1cccc(C2CNCC2C(=O)N(C)C(C)C)c1. The number of hydrogen-bond donors (Lipinski definition) is 1. The van der Waals surface area contributed by atoms with E-state index in [0.717, 1.165) is 18.8 Å².